The summed E-state index contributed by atoms with van der Waals surface area (Å²) in [6.07, 6.45) is 1.38. The van der Waals surface area contributed by atoms with E-state index < -0.39 is 34.8 Å². The van der Waals surface area contributed by atoms with Crippen LogP contribution in [0.5, 0.6) is 0 Å². The molecule has 0 aliphatic rings. The van der Waals surface area contributed by atoms with Crippen LogP contribution in [0.3, 0.4) is 0 Å². The SMILES string of the molecule is O=S(=O)(N(/[C]=C/c1ccccc1)S(=O)(=O)C(F)(F)F)C(F)(F)F. The first kappa shape index (κ1) is 19.3. The van der Waals surface area contributed by atoms with Crippen molar-refractivity contribution in [3.63, 3.8) is 0 Å². The zero-order chi connectivity index (χ0) is 18.1. The number of hydrogen-bond donors (Lipinski definition) is 0. The summed E-state index contributed by atoms with van der Waals surface area (Å²) in [7, 11) is -13.7. The summed E-state index contributed by atoms with van der Waals surface area (Å²) < 4.78 is 117. The van der Waals surface area contributed by atoms with E-state index in [2.05, 4.69) is 0 Å². The summed E-state index contributed by atoms with van der Waals surface area (Å²) in [4.78, 5) is 0. The van der Waals surface area contributed by atoms with Crippen LogP contribution in [0, 0.1) is 6.20 Å². The Morgan fingerprint density at radius 2 is 1.22 bits per heavy atom. The van der Waals surface area contributed by atoms with Crippen LogP contribution in [0.15, 0.2) is 30.3 Å². The molecule has 5 nitrogen and oxygen atoms in total. The summed E-state index contributed by atoms with van der Waals surface area (Å²) in [6.45, 7) is 0. The third kappa shape index (κ3) is 3.96. The van der Waals surface area contributed by atoms with Gasteiger partial charge >= 0.3 is 31.1 Å². The molecule has 1 aromatic rings. The normalized spacial score (nSPS) is 14.2. The summed E-state index contributed by atoms with van der Waals surface area (Å²) >= 11 is 0. The number of halogens is 6. The molecule has 1 radical (unpaired) electrons. The zero-order valence-electron chi connectivity index (χ0n) is 10.6. The Bertz CT molecular complexity index is 737. The largest absolute Gasteiger partial charge is 0.517 e. The highest BCUT2D eigenvalue weighted by Crippen LogP contribution is 2.35. The third-order valence-electron chi connectivity index (χ3n) is 2.16. The van der Waals surface area contributed by atoms with Crippen LogP contribution in [-0.4, -0.2) is 31.6 Å². The van der Waals surface area contributed by atoms with Crippen LogP contribution in [-0.2, 0) is 20.0 Å². The molecule has 23 heavy (non-hydrogen) atoms. The Morgan fingerprint density at radius 1 is 0.826 bits per heavy atom. The van der Waals surface area contributed by atoms with Crippen molar-refractivity contribution in [3.8, 4) is 0 Å². The highest BCUT2D eigenvalue weighted by molar-refractivity contribution is 8.04. The first-order valence-electron chi connectivity index (χ1n) is 5.29. The summed E-state index contributed by atoms with van der Waals surface area (Å²) in [5, 5.41) is 0. The van der Waals surface area contributed by atoms with E-state index >= 15 is 0 Å². The van der Waals surface area contributed by atoms with E-state index in [4.69, 9.17) is 0 Å². The Kier molecular flexibility index (Phi) is 5.06. The van der Waals surface area contributed by atoms with Crippen LogP contribution in [0.25, 0.3) is 6.08 Å². The Morgan fingerprint density at radius 3 is 1.57 bits per heavy atom. The molecule has 0 spiro atoms. The quantitative estimate of drug-likeness (QED) is 0.593. The van der Waals surface area contributed by atoms with Crippen molar-refractivity contribution in [2.24, 2.45) is 0 Å². The molecular formula is C10H6F6NO4S2. The number of sulfonamides is 2. The number of hydrogen-bond acceptors (Lipinski definition) is 4. The van der Waals surface area contributed by atoms with E-state index in [0.717, 1.165) is 6.20 Å². The maximum absolute atomic E-state index is 12.4. The van der Waals surface area contributed by atoms with Crippen LogP contribution in [0.4, 0.5) is 26.3 Å². The van der Waals surface area contributed by atoms with Gasteiger partial charge < -0.3 is 0 Å². The zero-order valence-corrected chi connectivity index (χ0v) is 12.3. The van der Waals surface area contributed by atoms with E-state index in [1.807, 2.05) is 0 Å². The molecule has 0 aliphatic heterocycles. The number of nitrogens with zero attached hydrogens (tertiary/aromatic N) is 1. The average Bonchev–Trinajstić information content (AvgIpc) is 2.37. The molecule has 0 aliphatic carbocycles. The van der Waals surface area contributed by atoms with Gasteiger partial charge in [0.05, 0.1) is 6.20 Å². The van der Waals surface area contributed by atoms with Gasteiger partial charge in [0, 0.05) is 0 Å². The maximum Gasteiger partial charge on any atom is 0.517 e. The maximum atomic E-state index is 12.4. The van der Waals surface area contributed by atoms with Gasteiger partial charge in [0.2, 0.25) is 0 Å². The number of rotatable bonds is 4. The lowest BCUT2D eigenvalue weighted by atomic mass is 10.2. The van der Waals surface area contributed by atoms with Crippen LogP contribution in [0.1, 0.15) is 5.56 Å². The highest BCUT2D eigenvalue weighted by atomic mass is 32.3. The van der Waals surface area contributed by atoms with Gasteiger partial charge in [0.15, 0.2) is 0 Å². The molecule has 0 amide bonds. The molecular weight excluding hydrogens is 376 g/mol. The summed E-state index contributed by atoms with van der Waals surface area (Å²) in [5.74, 6) is 0. The van der Waals surface area contributed by atoms with Crippen molar-refractivity contribution < 1.29 is 43.2 Å². The predicted octanol–water partition coefficient (Wildman–Crippen LogP) is 2.46. The Labute approximate surface area is 126 Å². The van der Waals surface area contributed by atoms with Crippen molar-refractivity contribution in [2.75, 3.05) is 0 Å². The van der Waals surface area contributed by atoms with Crippen LogP contribution >= 0.6 is 0 Å². The molecule has 0 N–H and O–H groups in total. The van der Waals surface area contributed by atoms with E-state index in [1.165, 1.54) is 30.3 Å². The molecule has 0 atom stereocenters. The van der Waals surface area contributed by atoms with E-state index in [0.29, 0.717) is 6.08 Å². The second kappa shape index (κ2) is 6.03. The van der Waals surface area contributed by atoms with Gasteiger partial charge in [-0.15, -0.1) is 3.71 Å². The van der Waals surface area contributed by atoms with E-state index in [9.17, 15) is 43.2 Å². The number of alkyl halides is 6. The lowest BCUT2D eigenvalue weighted by Crippen LogP contribution is -2.46. The monoisotopic (exact) mass is 382 g/mol. The fraction of sp³-hybridized carbons (Fsp3) is 0.200. The van der Waals surface area contributed by atoms with Crippen molar-refractivity contribution >= 4 is 26.1 Å². The molecule has 0 saturated carbocycles. The van der Waals surface area contributed by atoms with Gasteiger partial charge in [-0.05, 0) is 11.6 Å². The predicted molar refractivity (Wildman–Crippen MR) is 65.9 cm³/mol. The van der Waals surface area contributed by atoms with Crippen LogP contribution < -0.4 is 0 Å². The summed E-state index contributed by atoms with van der Waals surface area (Å²) in [5.41, 5.74) is -12.6. The molecule has 0 heterocycles. The minimum absolute atomic E-state index is 0.0766. The van der Waals surface area contributed by atoms with Crippen molar-refractivity contribution in [1.82, 2.24) is 3.71 Å². The van der Waals surface area contributed by atoms with Gasteiger partial charge in [0.1, 0.15) is 0 Å². The standard InChI is InChI=1S/C10H6F6NO4S2/c11-9(12,13)22(18,19)17(23(20,21)10(14,15)16)7-6-8-4-2-1-3-5-8/h1-6H. The first-order valence-corrected chi connectivity index (χ1v) is 8.17. The van der Waals surface area contributed by atoms with E-state index in [1.54, 1.807) is 0 Å². The minimum atomic E-state index is -6.87. The fourth-order valence-corrected chi connectivity index (χ4v) is 3.43. The lowest BCUT2D eigenvalue weighted by molar-refractivity contribution is -0.0518. The highest BCUT2D eigenvalue weighted by Gasteiger charge is 2.60. The molecule has 0 saturated heterocycles. The Balaban J connectivity index is 3.50. The van der Waals surface area contributed by atoms with Gasteiger partial charge in [-0.25, -0.2) is 0 Å². The smallest absolute Gasteiger partial charge is 0.196 e. The van der Waals surface area contributed by atoms with Gasteiger partial charge in [-0.2, -0.15) is 43.2 Å². The van der Waals surface area contributed by atoms with Gasteiger partial charge in [-0.1, -0.05) is 30.3 Å². The lowest BCUT2D eigenvalue weighted by Gasteiger charge is -2.21. The molecule has 0 aromatic heterocycles. The molecule has 0 bridgehead atoms. The molecule has 1 rings (SSSR count). The van der Waals surface area contributed by atoms with Crippen LogP contribution in [0.2, 0.25) is 0 Å². The number of benzene rings is 1. The van der Waals surface area contributed by atoms with Crippen molar-refractivity contribution in [1.29, 1.82) is 0 Å². The molecule has 129 valence electrons. The first-order chi connectivity index (χ1) is 10.2. The van der Waals surface area contributed by atoms with E-state index in [-0.39, 0.29) is 5.56 Å². The van der Waals surface area contributed by atoms with Gasteiger partial charge in [0.25, 0.3) is 0 Å². The molecule has 0 fully saturated rings. The topological polar surface area (TPSA) is 71.5 Å². The Hall–Kier alpha value is -1.76. The van der Waals surface area contributed by atoms with Gasteiger partial charge in [-0.3, -0.25) is 0 Å². The van der Waals surface area contributed by atoms with Crippen molar-refractivity contribution in [2.45, 2.75) is 11.0 Å². The molecule has 13 heteroatoms. The van der Waals surface area contributed by atoms with Crippen molar-refractivity contribution in [3.05, 3.63) is 42.1 Å². The fourth-order valence-electron chi connectivity index (χ4n) is 1.13. The summed E-state index contributed by atoms with van der Waals surface area (Å²) in [6, 6.07) is 6.45. The molecule has 1 aromatic carbocycles. The average molecular weight is 382 g/mol. The minimum Gasteiger partial charge on any atom is -0.196 e. The second-order valence-corrected chi connectivity index (χ2v) is 7.57. The molecule has 0 unspecified atom stereocenters. The third-order valence-corrected chi connectivity index (χ3v) is 5.59. The second-order valence-electron chi connectivity index (χ2n) is 3.78.